The molecule has 0 aliphatic carbocycles. The third kappa shape index (κ3) is 5.50. The molecule has 90 valence electrons. The van der Waals surface area contributed by atoms with E-state index in [9.17, 15) is 0 Å². The van der Waals surface area contributed by atoms with E-state index in [0.717, 1.165) is 19.2 Å². The first kappa shape index (κ1) is 12.9. The highest BCUT2D eigenvalue weighted by molar-refractivity contribution is 4.77. The number of hydrogen-bond acceptors (Lipinski definition) is 3. The van der Waals surface area contributed by atoms with Gasteiger partial charge in [-0.15, -0.1) is 0 Å². The summed E-state index contributed by atoms with van der Waals surface area (Å²) < 4.78 is 5.15. The molecule has 1 unspecified atom stereocenters. The Morgan fingerprint density at radius 3 is 2.87 bits per heavy atom. The van der Waals surface area contributed by atoms with Gasteiger partial charge in [0.15, 0.2) is 0 Å². The summed E-state index contributed by atoms with van der Waals surface area (Å²) in [5, 5.41) is 3.56. The van der Waals surface area contributed by atoms with Gasteiger partial charge in [0.1, 0.15) is 0 Å². The van der Waals surface area contributed by atoms with Crippen molar-refractivity contribution in [3.05, 3.63) is 0 Å². The predicted molar refractivity (Wildman–Crippen MR) is 64.2 cm³/mol. The Balaban J connectivity index is 2.19. The molecular formula is C12H26N2O. The number of nitrogens with zero attached hydrogens (tertiary/aromatic N) is 1. The second-order valence-electron chi connectivity index (χ2n) is 4.44. The molecule has 0 bridgehead atoms. The molecule has 15 heavy (non-hydrogen) atoms. The first-order chi connectivity index (χ1) is 7.36. The molecular weight excluding hydrogens is 188 g/mol. The molecule has 1 N–H and O–H groups in total. The van der Waals surface area contributed by atoms with Crippen LogP contribution in [-0.4, -0.2) is 50.8 Å². The summed E-state index contributed by atoms with van der Waals surface area (Å²) in [7, 11) is 1.78. The van der Waals surface area contributed by atoms with Crippen molar-refractivity contribution in [1.29, 1.82) is 0 Å². The van der Waals surface area contributed by atoms with Crippen LogP contribution in [-0.2, 0) is 4.74 Å². The third-order valence-corrected chi connectivity index (χ3v) is 3.08. The molecule has 3 nitrogen and oxygen atoms in total. The van der Waals surface area contributed by atoms with E-state index in [1.54, 1.807) is 7.11 Å². The molecule has 1 rings (SSSR count). The molecule has 1 heterocycles. The highest BCUT2D eigenvalue weighted by Crippen LogP contribution is 2.07. The quantitative estimate of drug-likeness (QED) is 0.662. The van der Waals surface area contributed by atoms with Crippen molar-refractivity contribution in [2.75, 3.05) is 39.9 Å². The highest BCUT2D eigenvalue weighted by Gasteiger charge is 2.17. The molecule has 1 aliphatic heterocycles. The van der Waals surface area contributed by atoms with Crippen molar-refractivity contribution in [3.63, 3.8) is 0 Å². The summed E-state index contributed by atoms with van der Waals surface area (Å²) >= 11 is 0. The lowest BCUT2D eigenvalue weighted by atomic mass is 10.2. The van der Waals surface area contributed by atoms with Gasteiger partial charge in [0.2, 0.25) is 0 Å². The molecule has 1 atom stereocenters. The van der Waals surface area contributed by atoms with Crippen LogP contribution in [0.5, 0.6) is 0 Å². The largest absolute Gasteiger partial charge is 0.383 e. The minimum Gasteiger partial charge on any atom is -0.383 e. The molecule has 1 saturated heterocycles. The van der Waals surface area contributed by atoms with Crippen LogP contribution in [0, 0.1) is 0 Å². The van der Waals surface area contributed by atoms with Crippen molar-refractivity contribution in [2.45, 2.75) is 38.6 Å². The average Bonchev–Trinajstić information content (AvgIpc) is 2.74. The van der Waals surface area contributed by atoms with Gasteiger partial charge in [-0.25, -0.2) is 0 Å². The number of methoxy groups -OCH3 is 1. The SMILES string of the molecule is CCCCN(CCOC)CC1CCCN1. The summed E-state index contributed by atoms with van der Waals surface area (Å²) in [4.78, 5) is 2.54. The van der Waals surface area contributed by atoms with Crippen LogP contribution in [0.4, 0.5) is 0 Å². The fraction of sp³-hybridized carbons (Fsp3) is 1.00. The first-order valence-electron chi connectivity index (χ1n) is 6.31. The lowest BCUT2D eigenvalue weighted by Crippen LogP contribution is -2.39. The standard InChI is InChI=1S/C12H26N2O/c1-3-4-8-14(9-10-15-2)11-12-6-5-7-13-12/h12-13H,3-11H2,1-2H3. The van der Waals surface area contributed by atoms with Crippen LogP contribution in [0.3, 0.4) is 0 Å². The Labute approximate surface area is 94.2 Å². The fourth-order valence-electron chi connectivity index (χ4n) is 2.12. The third-order valence-electron chi connectivity index (χ3n) is 3.08. The van der Waals surface area contributed by atoms with Gasteiger partial charge in [-0.3, -0.25) is 4.90 Å². The van der Waals surface area contributed by atoms with E-state index in [-0.39, 0.29) is 0 Å². The van der Waals surface area contributed by atoms with Crippen LogP contribution in [0.1, 0.15) is 32.6 Å². The monoisotopic (exact) mass is 214 g/mol. The van der Waals surface area contributed by atoms with Gasteiger partial charge in [0.05, 0.1) is 6.61 Å². The Bertz CT molecular complexity index is 139. The molecule has 1 fully saturated rings. The number of nitrogens with one attached hydrogen (secondary N) is 1. The molecule has 0 aromatic carbocycles. The van der Waals surface area contributed by atoms with E-state index in [4.69, 9.17) is 4.74 Å². The average molecular weight is 214 g/mol. The zero-order chi connectivity index (χ0) is 10.9. The van der Waals surface area contributed by atoms with Crippen LogP contribution in [0.2, 0.25) is 0 Å². The molecule has 0 saturated carbocycles. The fourth-order valence-corrected chi connectivity index (χ4v) is 2.12. The molecule has 1 aliphatic rings. The molecule has 0 radical (unpaired) electrons. The van der Waals surface area contributed by atoms with Crippen LogP contribution in [0.15, 0.2) is 0 Å². The summed E-state index contributed by atoms with van der Waals surface area (Å²) in [5.74, 6) is 0. The second-order valence-corrected chi connectivity index (χ2v) is 4.44. The van der Waals surface area contributed by atoms with Crippen molar-refractivity contribution >= 4 is 0 Å². The second kappa shape index (κ2) is 8.08. The maximum Gasteiger partial charge on any atom is 0.0589 e. The Morgan fingerprint density at radius 1 is 1.40 bits per heavy atom. The smallest absolute Gasteiger partial charge is 0.0589 e. The predicted octanol–water partition coefficient (Wildman–Crippen LogP) is 1.49. The highest BCUT2D eigenvalue weighted by atomic mass is 16.5. The van der Waals surface area contributed by atoms with Crippen molar-refractivity contribution in [2.24, 2.45) is 0 Å². The maximum atomic E-state index is 5.15. The van der Waals surface area contributed by atoms with Crippen molar-refractivity contribution < 1.29 is 4.74 Å². The van der Waals surface area contributed by atoms with Crippen molar-refractivity contribution in [1.82, 2.24) is 10.2 Å². The van der Waals surface area contributed by atoms with E-state index in [2.05, 4.69) is 17.1 Å². The summed E-state index contributed by atoms with van der Waals surface area (Å²) in [6.45, 7) is 7.81. The van der Waals surface area contributed by atoms with Gasteiger partial charge in [0.25, 0.3) is 0 Å². The molecule has 0 spiro atoms. The summed E-state index contributed by atoms with van der Waals surface area (Å²) in [6, 6.07) is 0.721. The van der Waals surface area contributed by atoms with Gasteiger partial charge in [-0.2, -0.15) is 0 Å². The summed E-state index contributed by atoms with van der Waals surface area (Å²) in [5.41, 5.74) is 0. The Hall–Kier alpha value is -0.120. The lowest BCUT2D eigenvalue weighted by Gasteiger charge is -2.25. The van der Waals surface area contributed by atoms with E-state index in [0.29, 0.717) is 0 Å². The molecule has 0 amide bonds. The van der Waals surface area contributed by atoms with E-state index in [1.807, 2.05) is 0 Å². The lowest BCUT2D eigenvalue weighted by molar-refractivity contribution is 0.141. The number of ether oxygens (including phenoxy) is 1. The van der Waals surface area contributed by atoms with E-state index in [1.165, 1.54) is 45.3 Å². The van der Waals surface area contributed by atoms with Gasteiger partial charge in [-0.1, -0.05) is 13.3 Å². The minimum absolute atomic E-state index is 0.721. The van der Waals surface area contributed by atoms with E-state index >= 15 is 0 Å². The normalized spacial score (nSPS) is 21.4. The van der Waals surface area contributed by atoms with Crippen LogP contribution >= 0.6 is 0 Å². The van der Waals surface area contributed by atoms with Crippen LogP contribution in [0.25, 0.3) is 0 Å². The Kier molecular flexibility index (Phi) is 6.98. The van der Waals surface area contributed by atoms with E-state index < -0.39 is 0 Å². The number of rotatable bonds is 8. The van der Waals surface area contributed by atoms with Gasteiger partial charge in [0, 0.05) is 26.2 Å². The van der Waals surface area contributed by atoms with Gasteiger partial charge >= 0.3 is 0 Å². The Morgan fingerprint density at radius 2 is 2.27 bits per heavy atom. The molecule has 0 aromatic heterocycles. The topological polar surface area (TPSA) is 24.5 Å². The van der Waals surface area contributed by atoms with Crippen molar-refractivity contribution in [3.8, 4) is 0 Å². The molecule has 3 heteroatoms. The summed E-state index contributed by atoms with van der Waals surface area (Å²) in [6.07, 6.45) is 5.27. The number of hydrogen-bond donors (Lipinski definition) is 1. The van der Waals surface area contributed by atoms with Crippen LogP contribution < -0.4 is 5.32 Å². The zero-order valence-corrected chi connectivity index (χ0v) is 10.3. The number of unbranched alkanes of at least 4 members (excludes halogenated alkanes) is 1. The van der Waals surface area contributed by atoms with Gasteiger partial charge in [-0.05, 0) is 32.4 Å². The van der Waals surface area contributed by atoms with Gasteiger partial charge < -0.3 is 10.1 Å². The zero-order valence-electron chi connectivity index (χ0n) is 10.3. The first-order valence-corrected chi connectivity index (χ1v) is 6.31. The minimum atomic E-state index is 0.721. The molecule has 0 aromatic rings. The maximum absolute atomic E-state index is 5.15.